The Bertz CT molecular complexity index is 590. The Labute approximate surface area is 122 Å². The highest BCUT2D eigenvalue weighted by Crippen LogP contribution is 2.18. The second-order valence-electron chi connectivity index (χ2n) is 4.69. The topological polar surface area (TPSA) is 62.2 Å². The van der Waals surface area contributed by atoms with Crippen molar-refractivity contribution >= 4 is 5.91 Å². The molecule has 0 saturated carbocycles. The van der Waals surface area contributed by atoms with Crippen molar-refractivity contribution in [2.75, 3.05) is 6.61 Å². The Morgan fingerprint density at radius 1 is 1.29 bits per heavy atom. The molecular formula is C16H17FN2O2. The largest absolute Gasteiger partial charge is 0.396 e. The van der Waals surface area contributed by atoms with Gasteiger partial charge in [0, 0.05) is 12.8 Å². The Kier molecular flexibility index (Phi) is 5.40. The number of aliphatic hydroxyl groups excluding tert-OH is 1. The number of carbonyl (C=O) groups excluding carboxylic acids is 1. The second-order valence-corrected chi connectivity index (χ2v) is 4.69. The van der Waals surface area contributed by atoms with Gasteiger partial charge >= 0.3 is 0 Å². The number of nitrogens with zero attached hydrogens (tertiary/aromatic N) is 1. The maximum absolute atomic E-state index is 13.1. The summed E-state index contributed by atoms with van der Waals surface area (Å²) >= 11 is 0. The second kappa shape index (κ2) is 7.50. The van der Waals surface area contributed by atoms with Gasteiger partial charge in [-0.3, -0.25) is 9.78 Å². The molecule has 0 unspecified atom stereocenters. The quantitative estimate of drug-likeness (QED) is 0.858. The number of hydrogen-bond donors (Lipinski definition) is 2. The zero-order valence-electron chi connectivity index (χ0n) is 11.5. The van der Waals surface area contributed by atoms with Crippen molar-refractivity contribution in [2.45, 2.75) is 18.9 Å². The van der Waals surface area contributed by atoms with Gasteiger partial charge in [-0.25, -0.2) is 4.39 Å². The summed E-state index contributed by atoms with van der Waals surface area (Å²) in [6, 6.07) is 10.4. The first-order chi connectivity index (χ1) is 10.2. The lowest BCUT2D eigenvalue weighted by atomic mass is 10.0. The standard InChI is InChI=1S/C16H17FN2O2/c17-14-9-13(10-18-11-14)16(21)19-15(7-4-8-20)12-5-2-1-3-6-12/h1-3,5-6,9-11,15,20H,4,7-8H2,(H,19,21)/t15-/m1/s1. The average Bonchev–Trinajstić information content (AvgIpc) is 2.52. The Morgan fingerprint density at radius 3 is 2.71 bits per heavy atom. The molecule has 0 spiro atoms. The van der Waals surface area contributed by atoms with Crippen molar-refractivity contribution < 1.29 is 14.3 Å². The molecular weight excluding hydrogens is 271 g/mol. The lowest BCUT2D eigenvalue weighted by Gasteiger charge is -2.19. The van der Waals surface area contributed by atoms with Gasteiger partial charge < -0.3 is 10.4 Å². The monoisotopic (exact) mass is 288 g/mol. The molecule has 0 saturated heterocycles. The summed E-state index contributed by atoms with van der Waals surface area (Å²) in [5, 5.41) is 11.8. The fourth-order valence-electron chi connectivity index (χ4n) is 2.08. The summed E-state index contributed by atoms with van der Waals surface area (Å²) in [5.74, 6) is -0.928. The van der Waals surface area contributed by atoms with E-state index in [-0.39, 0.29) is 24.1 Å². The molecule has 0 aliphatic rings. The van der Waals surface area contributed by atoms with Gasteiger partial charge in [-0.1, -0.05) is 30.3 Å². The maximum atomic E-state index is 13.1. The maximum Gasteiger partial charge on any atom is 0.253 e. The van der Waals surface area contributed by atoms with Crippen LogP contribution in [0, 0.1) is 5.82 Å². The molecule has 1 aromatic heterocycles. The number of pyridine rings is 1. The minimum atomic E-state index is -0.547. The van der Waals surface area contributed by atoms with E-state index >= 15 is 0 Å². The highest BCUT2D eigenvalue weighted by atomic mass is 19.1. The third kappa shape index (κ3) is 4.36. The zero-order valence-corrected chi connectivity index (χ0v) is 11.5. The van der Waals surface area contributed by atoms with Crippen LogP contribution in [0.3, 0.4) is 0 Å². The molecule has 21 heavy (non-hydrogen) atoms. The predicted octanol–water partition coefficient (Wildman–Crippen LogP) is 2.46. The van der Waals surface area contributed by atoms with Crippen LogP contribution >= 0.6 is 0 Å². The van der Waals surface area contributed by atoms with Gasteiger partial charge in [0.1, 0.15) is 5.82 Å². The molecule has 2 N–H and O–H groups in total. The molecule has 5 heteroatoms. The summed E-state index contributed by atoms with van der Waals surface area (Å²) < 4.78 is 13.1. The van der Waals surface area contributed by atoms with Crippen LogP contribution in [0.4, 0.5) is 4.39 Å². The van der Waals surface area contributed by atoms with E-state index in [0.717, 1.165) is 17.8 Å². The van der Waals surface area contributed by atoms with E-state index in [0.29, 0.717) is 12.8 Å². The molecule has 0 aliphatic carbocycles. The molecule has 1 aromatic carbocycles. The molecule has 0 radical (unpaired) electrons. The van der Waals surface area contributed by atoms with E-state index in [9.17, 15) is 9.18 Å². The van der Waals surface area contributed by atoms with Crippen molar-refractivity contribution in [1.29, 1.82) is 0 Å². The Hall–Kier alpha value is -2.27. The molecule has 1 atom stereocenters. The SMILES string of the molecule is O=C(N[C@H](CCCO)c1ccccc1)c1cncc(F)c1. The van der Waals surface area contributed by atoms with Crippen LogP contribution in [0.15, 0.2) is 48.8 Å². The summed E-state index contributed by atoms with van der Waals surface area (Å²) in [6.45, 7) is 0.0563. The molecule has 4 nitrogen and oxygen atoms in total. The summed E-state index contributed by atoms with van der Waals surface area (Å²) in [6.07, 6.45) is 3.56. The Balaban J connectivity index is 2.13. The third-order valence-corrected chi connectivity index (χ3v) is 3.13. The van der Waals surface area contributed by atoms with Gasteiger partial charge in [0.2, 0.25) is 0 Å². The van der Waals surface area contributed by atoms with Crippen LogP contribution in [0.5, 0.6) is 0 Å². The summed E-state index contributed by atoms with van der Waals surface area (Å²) in [7, 11) is 0. The zero-order chi connectivity index (χ0) is 15.1. The number of carbonyl (C=O) groups is 1. The smallest absolute Gasteiger partial charge is 0.253 e. The number of rotatable bonds is 6. The first kappa shape index (κ1) is 15.1. The van der Waals surface area contributed by atoms with Gasteiger partial charge in [-0.2, -0.15) is 0 Å². The molecule has 0 bridgehead atoms. The highest BCUT2D eigenvalue weighted by Gasteiger charge is 2.16. The predicted molar refractivity (Wildman–Crippen MR) is 77.2 cm³/mol. The number of benzene rings is 1. The number of aliphatic hydroxyl groups is 1. The van der Waals surface area contributed by atoms with Crippen LogP contribution in [0.1, 0.15) is 34.8 Å². The van der Waals surface area contributed by atoms with Gasteiger partial charge in [-0.05, 0) is 24.5 Å². The minimum absolute atomic E-state index is 0.0563. The number of halogens is 1. The van der Waals surface area contributed by atoms with E-state index in [1.165, 1.54) is 6.20 Å². The molecule has 0 aliphatic heterocycles. The molecule has 110 valence electrons. The van der Waals surface area contributed by atoms with Crippen molar-refractivity contribution in [3.63, 3.8) is 0 Å². The molecule has 2 rings (SSSR count). The average molecular weight is 288 g/mol. The van der Waals surface area contributed by atoms with Crippen LogP contribution in [-0.4, -0.2) is 22.6 Å². The first-order valence-corrected chi connectivity index (χ1v) is 6.78. The van der Waals surface area contributed by atoms with E-state index < -0.39 is 5.82 Å². The molecule has 2 aromatic rings. The number of aromatic nitrogens is 1. The number of nitrogens with one attached hydrogen (secondary N) is 1. The van der Waals surface area contributed by atoms with Crippen molar-refractivity contribution in [3.05, 3.63) is 65.7 Å². The van der Waals surface area contributed by atoms with Crippen LogP contribution in [0.25, 0.3) is 0 Å². The number of hydrogen-bond acceptors (Lipinski definition) is 3. The van der Waals surface area contributed by atoms with Gasteiger partial charge in [-0.15, -0.1) is 0 Å². The van der Waals surface area contributed by atoms with Crippen molar-refractivity contribution in [1.82, 2.24) is 10.3 Å². The van der Waals surface area contributed by atoms with Crippen LogP contribution in [0.2, 0.25) is 0 Å². The van der Waals surface area contributed by atoms with E-state index in [2.05, 4.69) is 10.3 Å². The summed E-state index contributed by atoms with van der Waals surface area (Å²) in [4.78, 5) is 15.8. The lowest BCUT2D eigenvalue weighted by molar-refractivity contribution is 0.0931. The Morgan fingerprint density at radius 2 is 2.05 bits per heavy atom. The van der Waals surface area contributed by atoms with Crippen molar-refractivity contribution in [2.24, 2.45) is 0 Å². The van der Waals surface area contributed by atoms with E-state index in [4.69, 9.17) is 5.11 Å². The van der Waals surface area contributed by atoms with Gasteiger partial charge in [0.05, 0.1) is 17.8 Å². The van der Waals surface area contributed by atoms with Gasteiger partial charge in [0.25, 0.3) is 5.91 Å². The van der Waals surface area contributed by atoms with Gasteiger partial charge in [0.15, 0.2) is 0 Å². The minimum Gasteiger partial charge on any atom is -0.396 e. The van der Waals surface area contributed by atoms with Crippen molar-refractivity contribution in [3.8, 4) is 0 Å². The lowest BCUT2D eigenvalue weighted by Crippen LogP contribution is -2.29. The normalized spacial score (nSPS) is 11.9. The summed E-state index contributed by atoms with van der Waals surface area (Å²) in [5.41, 5.74) is 1.13. The van der Waals surface area contributed by atoms with Crippen LogP contribution in [-0.2, 0) is 0 Å². The number of amides is 1. The molecule has 0 fully saturated rings. The van der Waals surface area contributed by atoms with E-state index in [1.54, 1.807) is 0 Å². The third-order valence-electron chi connectivity index (χ3n) is 3.13. The van der Waals surface area contributed by atoms with Crippen LogP contribution < -0.4 is 5.32 Å². The highest BCUT2D eigenvalue weighted by molar-refractivity contribution is 5.94. The molecule has 1 heterocycles. The first-order valence-electron chi connectivity index (χ1n) is 6.78. The fraction of sp³-hybridized carbons (Fsp3) is 0.250. The van der Waals surface area contributed by atoms with E-state index in [1.807, 2.05) is 30.3 Å². The molecule has 1 amide bonds. The fourth-order valence-corrected chi connectivity index (χ4v) is 2.08.